The second-order valence-electron chi connectivity index (χ2n) is 3.44. The van der Waals surface area contributed by atoms with Gasteiger partial charge in [-0.2, -0.15) is 0 Å². The molecular weight excluding hydrogens is 242 g/mol. The molecule has 0 fully saturated rings. The Morgan fingerprint density at radius 1 is 1.50 bits per heavy atom. The van der Waals surface area contributed by atoms with E-state index in [1.165, 1.54) is 5.56 Å². The SMILES string of the molecule is CC(c1cccc(Br)c1)N(C)CCO. The van der Waals surface area contributed by atoms with E-state index in [1.807, 2.05) is 19.2 Å². The van der Waals surface area contributed by atoms with Gasteiger partial charge in [-0.15, -0.1) is 0 Å². The molecule has 0 heterocycles. The summed E-state index contributed by atoms with van der Waals surface area (Å²) in [7, 11) is 2.02. The minimum absolute atomic E-state index is 0.203. The Kier molecular flexibility index (Phi) is 4.58. The van der Waals surface area contributed by atoms with E-state index in [0.717, 1.165) is 4.47 Å². The first kappa shape index (κ1) is 11.7. The summed E-state index contributed by atoms with van der Waals surface area (Å²) in [5.41, 5.74) is 1.26. The summed E-state index contributed by atoms with van der Waals surface area (Å²) in [6, 6.07) is 8.59. The van der Waals surface area contributed by atoms with Gasteiger partial charge in [-0.25, -0.2) is 0 Å². The zero-order valence-corrected chi connectivity index (χ0v) is 10.2. The highest BCUT2D eigenvalue weighted by atomic mass is 79.9. The predicted molar refractivity (Wildman–Crippen MR) is 62.3 cm³/mol. The molecule has 0 radical (unpaired) electrons. The van der Waals surface area contributed by atoms with Crippen LogP contribution in [0.25, 0.3) is 0 Å². The number of hydrogen-bond donors (Lipinski definition) is 1. The van der Waals surface area contributed by atoms with Crippen molar-refractivity contribution in [2.75, 3.05) is 20.2 Å². The lowest BCUT2D eigenvalue weighted by molar-refractivity contribution is 0.189. The lowest BCUT2D eigenvalue weighted by atomic mass is 10.1. The Bertz CT molecular complexity index is 290. The van der Waals surface area contributed by atoms with Crippen LogP contribution in [0.1, 0.15) is 18.5 Å². The fourth-order valence-corrected chi connectivity index (χ4v) is 1.79. The maximum atomic E-state index is 8.84. The van der Waals surface area contributed by atoms with Gasteiger partial charge in [0.1, 0.15) is 0 Å². The highest BCUT2D eigenvalue weighted by Crippen LogP contribution is 2.21. The van der Waals surface area contributed by atoms with Gasteiger partial charge in [-0.3, -0.25) is 4.90 Å². The van der Waals surface area contributed by atoms with Crippen molar-refractivity contribution in [1.29, 1.82) is 0 Å². The molecule has 14 heavy (non-hydrogen) atoms. The molecule has 0 aromatic heterocycles. The molecule has 1 unspecified atom stereocenters. The van der Waals surface area contributed by atoms with Crippen LogP contribution < -0.4 is 0 Å². The molecular formula is C11H16BrNO. The third kappa shape index (κ3) is 3.08. The monoisotopic (exact) mass is 257 g/mol. The molecule has 1 rings (SSSR count). The zero-order valence-electron chi connectivity index (χ0n) is 8.57. The highest BCUT2D eigenvalue weighted by molar-refractivity contribution is 9.10. The van der Waals surface area contributed by atoms with Crippen molar-refractivity contribution < 1.29 is 5.11 Å². The van der Waals surface area contributed by atoms with E-state index in [2.05, 4.69) is 39.9 Å². The minimum atomic E-state index is 0.203. The highest BCUT2D eigenvalue weighted by Gasteiger charge is 2.10. The molecule has 0 aliphatic rings. The van der Waals surface area contributed by atoms with Crippen molar-refractivity contribution in [3.63, 3.8) is 0 Å². The number of likely N-dealkylation sites (N-methyl/N-ethyl adjacent to an activating group) is 1. The Morgan fingerprint density at radius 3 is 2.79 bits per heavy atom. The van der Waals surface area contributed by atoms with Gasteiger partial charge in [0, 0.05) is 17.1 Å². The molecule has 0 aliphatic heterocycles. The van der Waals surface area contributed by atoms with E-state index in [0.29, 0.717) is 12.6 Å². The first-order chi connectivity index (χ1) is 6.65. The maximum absolute atomic E-state index is 8.84. The Balaban J connectivity index is 2.73. The molecule has 0 aliphatic carbocycles. The van der Waals surface area contributed by atoms with Crippen LogP contribution in [0.5, 0.6) is 0 Å². The van der Waals surface area contributed by atoms with Crippen molar-refractivity contribution in [2.24, 2.45) is 0 Å². The zero-order chi connectivity index (χ0) is 10.6. The van der Waals surface area contributed by atoms with Gasteiger partial charge in [-0.05, 0) is 31.7 Å². The number of aliphatic hydroxyl groups excluding tert-OH is 1. The van der Waals surface area contributed by atoms with Gasteiger partial charge in [0.15, 0.2) is 0 Å². The Hall–Kier alpha value is -0.380. The van der Waals surface area contributed by atoms with Gasteiger partial charge in [0.05, 0.1) is 6.61 Å². The molecule has 2 nitrogen and oxygen atoms in total. The quantitative estimate of drug-likeness (QED) is 0.896. The summed E-state index contributed by atoms with van der Waals surface area (Å²) in [6.45, 7) is 3.04. The lowest BCUT2D eigenvalue weighted by Gasteiger charge is -2.24. The summed E-state index contributed by atoms with van der Waals surface area (Å²) in [4.78, 5) is 2.13. The molecule has 0 spiro atoms. The smallest absolute Gasteiger partial charge is 0.0558 e. The van der Waals surface area contributed by atoms with E-state index < -0.39 is 0 Å². The van der Waals surface area contributed by atoms with Crippen molar-refractivity contribution >= 4 is 15.9 Å². The van der Waals surface area contributed by atoms with Crippen LogP contribution >= 0.6 is 15.9 Å². The van der Waals surface area contributed by atoms with E-state index in [1.54, 1.807) is 0 Å². The van der Waals surface area contributed by atoms with E-state index in [9.17, 15) is 0 Å². The molecule has 0 amide bonds. The largest absolute Gasteiger partial charge is 0.395 e. The third-order valence-corrected chi connectivity index (χ3v) is 2.94. The average Bonchev–Trinajstić information content (AvgIpc) is 2.17. The number of halogens is 1. The number of benzene rings is 1. The van der Waals surface area contributed by atoms with Gasteiger partial charge < -0.3 is 5.11 Å². The summed E-state index contributed by atoms with van der Waals surface area (Å²) in [5.74, 6) is 0. The van der Waals surface area contributed by atoms with Crippen LogP contribution in [-0.4, -0.2) is 30.2 Å². The number of nitrogens with zero attached hydrogens (tertiary/aromatic N) is 1. The molecule has 1 aromatic carbocycles. The van der Waals surface area contributed by atoms with Gasteiger partial charge >= 0.3 is 0 Å². The van der Waals surface area contributed by atoms with Crippen LogP contribution in [0.4, 0.5) is 0 Å². The fraction of sp³-hybridized carbons (Fsp3) is 0.455. The molecule has 0 saturated carbocycles. The molecule has 1 N–H and O–H groups in total. The summed E-state index contributed by atoms with van der Waals surface area (Å²) < 4.78 is 1.10. The molecule has 1 atom stereocenters. The first-order valence-corrected chi connectivity index (χ1v) is 5.51. The van der Waals surface area contributed by atoms with Crippen LogP contribution in [0.15, 0.2) is 28.7 Å². The first-order valence-electron chi connectivity index (χ1n) is 4.71. The minimum Gasteiger partial charge on any atom is -0.395 e. The molecule has 78 valence electrons. The molecule has 0 saturated heterocycles. The number of aliphatic hydroxyl groups is 1. The third-order valence-electron chi connectivity index (χ3n) is 2.44. The Morgan fingerprint density at radius 2 is 2.21 bits per heavy atom. The number of hydrogen-bond acceptors (Lipinski definition) is 2. The molecule has 3 heteroatoms. The van der Waals surface area contributed by atoms with Gasteiger partial charge in [0.2, 0.25) is 0 Å². The van der Waals surface area contributed by atoms with E-state index in [4.69, 9.17) is 5.11 Å². The summed E-state index contributed by atoms with van der Waals surface area (Å²) in [6.07, 6.45) is 0. The standard InChI is InChI=1S/C11H16BrNO/c1-9(13(2)6-7-14)10-4-3-5-11(12)8-10/h3-5,8-9,14H,6-7H2,1-2H3. The second kappa shape index (κ2) is 5.49. The van der Waals surface area contributed by atoms with Crippen molar-refractivity contribution in [3.8, 4) is 0 Å². The predicted octanol–water partition coefficient (Wildman–Crippen LogP) is 2.43. The topological polar surface area (TPSA) is 23.5 Å². The summed E-state index contributed by atoms with van der Waals surface area (Å²) in [5, 5.41) is 8.84. The fourth-order valence-electron chi connectivity index (χ4n) is 1.37. The van der Waals surface area contributed by atoms with Crippen LogP contribution in [0, 0.1) is 0 Å². The van der Waals surface area contributed by atoms with Crippen LogP contribution in [-0.2, 0) is 0 Å². The van der Waals surface area contributed by atoms with Crippen molar-refractivity contribution in [1.82, 2.24) is 4.90 Å². The normalized spacial score (nSPS) is 13.2. The average molecular weight is 258 g/mol. The molecule has 1 aromatic rings. The van der Waals surface area contributed by atoms with Gasteiger partial charge in [0.25, 0.3) is 0 Å². The van der Waals surface area contributed by atoms with E-state index >= 15 is 0 Å². The van der Waals surface area contributed by atoms with Crippen molar-refractivity contribution in [2.45, 2.75) is 13.0 Å². The van der Waals surface area contributed by atoms with E-state index in [-0.39, 0.29) is 6.61 Å². The summed E-state index contributed by atoms with van der Waals surface area (Å²) >= 11 is 3.45. The van der Waals surface area contributed by atoms with Crippen LogP contribution in [0.2, 0.25) is 0 Å². The van der Waals surface area contributed by atoms with Crippen molar-refractivity contribution in [3.05, 3.63) is 34.3 Å². The Labute approximate surface area is 93.7 Å². The molecule has 0 bridgehead atoms. The second-order valence-corrected chi connectivity index (χ2v) is 4.35. The van der Waals surface area contributed by atoms with Gasteiger partial charge in [-0.1, -0.05) is 28.1 Å². The van der Waals surface area contributed by atoms with Crippen LogP contribution in [0.3, 0.4) is 0 Å². The number of rotatable bonds is 4. The lowest BCUT2D eigenvalue weighted by Crippen LogP contribution is -2.25. The maximum Gasteiger partial charge on any atom is 0.0558 e.